The van der Waals surface area contributed by atoms with Gasteiger partial charge in [-0.15, -0.1) is 23.1 Å². The fourth-order valence-electron chi connectivity index (χ4n) is 1.06. The molecule has 14 heavy (non-hydrogen) atoms. The number of hydrogen-bond acceptors (Lipinski definition) is 4. The molecule has 2 heterocycles. The van der Waals surface area contributed by atoms with Crippen LogP contribution in [0.4, 0.5) is 0 Å². The maximum Gasteiger partial charge on any atom is 0.118 e. The number of thioether (sulfide) groups is 1. The van der Waals surface area contributed by atoms with Gasteiger partial charge in [-0.05, 0) is 18.4 Å². The molecule has 0 unspecified atom stereocenters. The summed E-state index contributed by atoms with van der Waals surface area (Å²) >= 11 is 3.41. The molecule has 0 amide bonds. The van der Waals surface area contributed by atoms with Crippen molar-refractivity contribution in [3.63, 3.8) is 0 Å². The predicted octanol–water partition coefficient (Wildman–Crippen LogP) is 3.36. The molecule has 72 valence electrons. The van der Waals surface area contributed by atoms with Crippen molar-refractivity contribution in [3.05, 3.63) is 29.9 Å². The smallest absolute Gasteiger partial charge is 0.118 e. The first-order chi connectivity index (χ1) is 6.77. The second kappa shape index (κ2) is 4.11. The lowest BCUT2D eigenvalue weighted by Crippen LogP contribution is -1.85. The van der Waals surface area contributed by atoms with Gasteiger partial charge in [-0.3, -0.25) is 0 Å². The standard InChI is InChI=1S/C10H10N2S2/c1-7(2)5-14-10-9-8(3-4-13-9)11-6-12-10/h3-4,6H,1,5H2,2H3. The Morgan fingerprint density at radius 3 is 3.21 bits per heavy atom. The van der Waals surface area contributed by atoms with Crippen molar-refractivity contribution in [2.24, 2.45) is 0 Å². The highest BCUT2D eigenvalue weighted by atomic mass is 32.2. The van der Waals surface area contributed by atoms with Gasteiger partial charge in [-0.25, -0.2) is 9.97 Å². The molecule has 2 aromatic heterocycles. The summed E-state index contributed by atoms with van der Waals surface area (Å²) in [5, 5.41) is 3.11. The van der Waals surface area contributed by atoms with Crippen molar-refractivity contribution >= 4 is 33.3 Å². The zero-order valence-electron chi connectivity index (χ0n) is 7.86. The minimum atomic E-state index is 0.921. The molecule has 0 spiro atoms. The van der Waals surface area contributed by atoms with Crippen molar-refractivity contribution < 1.29 is 0 Å². The van der Waals surface area contributed by atoms with E-state index in [0.717, 1.165) is 16.3 Å². The van der Waals surface area contributed by atoms with E-state index < -0.39 is 0 Å². The van der Waals surface area contributed by atoms with Crippen LogP contribution in [0.5, 0.6) is 0 Å². The van der Waals surface area contributed by atoms with Crippen molar-refractivity contribution in [2.75, 3.05) is 5.75 Å². The van der Waals surface area contributed by atoms with Gasteiger partial charge in [-0.1, -0.05) is 12.2 Å². The molecule has 0 saturated heterocycles. The summed E-state index contributed by atoms with van der Waals surface area (Å²) in [4.78, 5) is 8.46. The normalized spacial score (nSPS) is 10.6. The van der Waals surface area contributed by atoms with Crippen molar-refractivity contribution in [2.45, 2.75) is 11.9 Å². The van der Waals surface area contributed by atoms with Gasteiger partial charge in [0.15, 0.2) is 0 Å². The largest absolute Gasteiger partial charge is 0.235 e. The van der Waals surface area contributed by atoms with Crippen LogP contribution >= 0.6 is 23.1 Å². The molecule has 0 radical (unpaired) electrons. The highest BCUT2D eigenvalue weighted by Gasteiger charge is 2.04. The van der Waals surface area contributed by atoms with Crippen molar-refractivity contribution in [1.82, 2.24) is 9.97 Å². The fraction of sp³-hybridized carbons (Fsp3) is 0.200. The van der Waals surface area contributed by atoms with Crippen LogP contribution in [-0.4, -0.2) is 15.7 Å². The van der Waals surface area contributed by atoms with E-state index in [1.807, 2.05) is 18.4 Å². The molecule has 2 aromatic rings. The molecular weight excluding hydrogens is 212 g/mol. The number of aromatic nitrogens is 2. The van der Waals surface area contributed by atoms with E-state index in [0.29, 0.717) is 0 Å². The van der Waals surface area contributed by atoms with E-state index in [-0.39, 0.29) is 0 Å². The number of fused-ring (bicyclic) bond motifs is 1. The minimum Gasteiger partial charge on any atom is -0.235 e. The Kier molecular flexibility index (Phi) is 2.84. The van der Waals surface area contributed by atoms with Gasteiger partial charge in [0, 0.05) is 5.75 Å². The molecule has 0 aliphatic heterocycles. The third-order valence-electron chi connectivity index (χ3n) is 1.67. The lowest BCUT2D eigenvalue weighted by atomic mass is 10.4. The monoisotopic (exact) mass is 222 g/mol. The molecule has 0 atom stereocenters. The van der Waals surface area contributed by atoms with Crippen LogP contribution in [0.15, 0.2) is 35.0 Å². The van der Waals surface area contributed by atoms with Gasteiger partial charge in [0.2, 0.25) is 0 Å². The Morgan fingerprint density at radius 2 is 2.43 bits per heavy atom. The van der Waals surface area contributed by atoms with Crippen LogP contribution < -0.4 is 0 Å². The van der Waals surface area contributed by atoms with Crippen LogP contribution in [0.25, 0.3) is 10.2 Å². The Labute approximate surface area is 91.1 Å². The maximum absolute atomic E-state index is 4.27. The van der Waals surface area contributed by atoms with E-state index in [1.165, 1.54) is 10.3 Å². The summed E-state index contributed by atoms with van der Waals surface area (Å²) in [5.74, 6) is 0.921. The predicted molar refractivity (Wildman–Crippen MR) is 63.0 cm³/mol. The Bertz CT molecular complexity index is 462. The molecule has 0 bridgehead atoms. The molecular formula is C10H10N2S2. The van der Waals surface area contributed by atoms with E-state index in [9.17, 15) is 0 Å². The molecule has 4 heteroatoms. The number of rotatable bonds is 3. The molecule has 0 aliphatic carbocycles. The molecule has 0 aromatic carbocycles. The van der Waals surface area contributed by atoms with Gasteiger partial charge in [0.05, 0.1) is 10.2 Å². The Hall–Kier alpha value is -0.870. The topological polar surface area (TPSA) is 25.8 Å². The quantitative estimate of drug-likeness (QED) is 0.452. The highest BCUT2D eigenvalue weighted by Crippen LogP contribution is 2.29. The average Bonchev–Trinajstić information content (AvgIpc) is 2.62. The molecule has 0 saturated carbocycles. The maximum atomic E-state index is 4.27. The summed E-state index contributed by atoms with van der Waals surface area (Å²) < 4.78 is 1.18. The third kappa shape index (κ3) is 1.96. The van der Waals surface area contributed by atoms with Crippen LogP contribution in [0.2, 0.25) is 0 Å². The van der Waals surface area contributed by atoms with E-state index in [4.69, 9.17) is 0 Å². The molecule has 2 nitrogen and oxygen atoms in total. The van der Waals surface area contributed by atoms with Crippen molar-refractivity contribution in [1.29, 1.82) is 0 Å². The van der Waals surface area contributed by atoms with Crippen LogP contribution in [0.3, 0.4) is 0 Å². The van der Waals surface area contributed by atoms with E-state index in [2.05, 4.69) is 16.5 Å². The van der Waals surface area contributed by atoms with Crippen LogP contribution in [0.1, 0.15) is 6.92 Å². The molecule has 2 rings (SSSR count). The zero-order valence-corrected chi connectivity index (χ0v) is 9.49. The van der Waals surface area contributed by atoms with Crippen molar-refractivity contribution in [3.8, 4) is 0 Å². The summed E-state index contributed by atoms with van der Waals surface area (Å²) in [6, 6.07) is 2.02. The van der Waals surface area contributed by atoms with Crippen LogP contribution in [-0.2, 0) is 0 Å². The molecule has 0 aliphatic rings. The number of nitrogens with zero attached hydrogens (tertiary/aromatic N) is 2. The van der Waals surface area contributed by atoms with E-state index >= 15 is 0 Å². The number of hydrogen-bond donors (Lipinski definition) is 0. The summed E-state index contributed by atoms with van der Waals surface area (Å²) in [5.41, 5.74) is 2.20. The third-order valence-corrected chi connectivity index (χ3v) is 3.93. The summed E-state index contributed by atoms with van der Waals surface area (Å²) in [7, 11) is 0. The SMILES string of the molecule is C=C(C)CSc1ncnc2ccsc12. The number of thiophene rings is 1. The summed E-state index contributed by atoms with van der Waals surface area (Å²) in [6.07, 6.45) is 1.62. The zero-order chi connectivity index (χ0) is 9.97. The van der Waals surface area contributed by atoms with E-state index in [1.54, 1.807) is 29.4 Å². The first-order valence-electron chi connectivity index (χ1n) is 4.23. The van der Waals surface area contributed by atoms with Crippen LogP contribution in [0, 0.1) is 0 Å². The van der Waals surface area contributed by atoms with Gasteiger partial charge in [0.1, 0.15) is 11.4 Å². The first-order valence-corrected chi connectivity index (χ1v) is 6.09. The second-order valence-electron chi connectivity index (χ2n) is 3.06. The summed E-state index contributed by atoms with van der Waals surface area (Å²) in [6.45, 7) is 5.90. The second-order valence-corrected chi connectivity index (χ2v) is 4.94. The first kappa shape index (κ1) is 9.68. The Balaban J connectivity index is 2.32. The molecule has 0 fully saturated rings. The van der Waals surface area contributed by atoms with Gasteiger partial charge in [-0.2, -0.15) is 0 Å². The fourth-order valence-corrected chi connectivity index (χ4v) is 2.85. The van der Waals surface area contributed by atoms with Gasteiger partial charge >= 0.3 is 0 Å². The minimum absolute atomic E-state index is 0.921. The Morgan fingerprint density at radius 1 is 1.57 bits per heavy atom. The average molecular weight is 222 g/mol. The van der Waals surface area contributed by atoms with Gasteiger partial charge < -0.3 is 0 Å². The highest BCUT2D eigenvalue weighted by molar-refractivity contribution is 7.99. The molecule has 0 N–H and O–H groups in total. The van der Waals surface area contributed by atoms with Gasteiger partial charge in [0.25, 0.3) is 0 Å². The lowest BCUT2D eigenvalue weighted by Gasteiger charge is -2.00. The lowest BCUT2D eigenvalue weighted by molar-refractivity contribution is 1.11.